The van der Waals surface area contributed by atoms with E-state index in [0.717, 1.165) is 16.8 Å². The molecule has 0 radical (unpaired) electrons. The van der Waals surface area contributed by atoms with Crippen molar-refractivity contribution in [3.63, 3.8) is 0 Å². The second-order valence-corrected chi connectivity index (χ2v) is 10.2. The van der Waals surface area contributed by atoms with Crippen LogP contribution in [0.3, 0.4) is 0 Å². The van der Waals surface area contributed by atoms with Crippen molar-refractivity contribution in [3.05, 3.63) is 48.7 Å². The standard InChI is InChI=1S/C28H32ClF3N8O2/c1-38(2)13-14-39(3)23-16-24(42-4)21(15-20(23)34-25(41)9-11-29)37-27-33-12-10-19(36-27)26-35-18-7-5-6-8-22(18)40(26)17-28(30,31)32/h5-8,10,12,15-16H,9,11,13-14,17H2,1-4H3,(H,34,41)(H,33,36,37). The molecule has 0 atom stereocenters. The van der Waals surface area contributed by atoms with Crippen molar-refractivity contribution in [2.45, 2.75) is 19.1 Å². The van der Waals surface area contributed by atoms with Crippen LogP contribution < -0.4 is 20.3 Å². The van der Waals surface area contributed by atoms with Gasteiger partial charge in [0.2, 0.25) is 11.9 Å². The molecule has 4 aromatic rings. The van der Waals surface area contributed by atoms with Crippen molar-refractivity contribution < 1.29 is 22.7 Å². The molecule has 224 valence electrons. The van der Waals surface area contributed by atoms with Crippen molar-refractivity contribution in [3.8, 4) is 17.3 Å². The third kappa shape index (κ3) is 7.59. The number of anilines is 4. The van der Waals surface area contributed by atoms with Crippen molar-refractivity contribution in [1.29, 1.82) is 0 Å². The van der Waals surface area contributed by atoms with Gasteiger partial charge in [0.1, 0.15) is 18.0 Å². The molecule has 2 heterocycles. The molecule has 1 amide bonds. The highest BCUT2D eigenvalue weighted by Crippen LogP contribution is 2.38. The molecule has 0 unspecified atom stereocenters. The molecule has 0 bridgehead atoms. The summed E-state index contributed by atoms with van der Waals surface area (Å²) in [6, 6.07) is 11.6. The Kier molecular flexibility index (Phi) is 9.74. The number of fused-ring (bicyclic) bond motifs is 1. The van der Waals surface area contributed by atoms with Crippen LogP contribution in [-0.2, 0) is 11.3 Å². The Labute approximate surface area is 246 Å². The van der Waals surface area contributed by atoms with Gasteiger partial charge in [-0.3, -0.25) is 4.79 Å². The molecule has 14 heteroatoms. The van der Waals surface area contributed by atoms with Crippen LogP contribution in [-0.4, -0.2) is 83.7 Å². The van der Waals surface area contributed by atoms with Gasteiger partial charge < -0.3 is 29.7 Å². The van der Waals surface area contributed by atoms with Crippen molar-refractivity contribution in [2.75, 3.05) is 62.8 Å². The van der Waals surface area contributed by atoms with E-state index in [1.165, 1.54) is 19.4 Å². The molecule has 10 nitrogen and oxygen atoms in total. The molecule has 0 fully saturated rings. The van der Waals surface area contributed by atoms with Crippen molar-refractivity contribution in [2.24, 2.45) is 0 Å². The number of methoxy groups -OCH3 is 1. The topological polar surface area (TPSA) is 100 Å². The van der Waals surface area contributed by atoms with Crippen LogP contribution in [0.15, 0.2) is 48.7 Å². The number of halogens is 4. The van der Waals surface area contributed by atoms with Gasteiger partial charge in [0.05, 0.1) is 35.2 Å². The second kappa shape index (κ2) is 13.3. The van der Waals surface area contributed by atoms with Gasteiger partial charge in [0.15, 0.2) is 5.82 Å². The van der Waals surface area contributed by atoms with Gasteiger partial charge in [-0.2, -0.15) is 13.2 Å². The van der Waals surface area contributed by atoms with Crippen LogP contribution in [0.4, 0.5) is 36.2 Å². The Morgan fingerprint density at radius 3 is 2.52 bits per heavy atom. The average molecular weight is 605 g/mol. The van der Waals surface area contributed by atoms with Gasteiger partial charge in [0.25, 0.3) is 0 Å². The van der Waals surface area contributed by atoms with E-state index in [0.29, 0.717) is 34.7 Å². The van der Waals surface area contributed by atoms with Gasteiger partial charge in [-0.25, -0.2) is 15.0 Å². The molecule has 0 saturated carbocycles. The molecule has 0 aliphatic rings. The van der Waals surface area contributed by atoms with Gasteiger partial charge in [-0.05, 0) is 38.4 Å². The molecular formula is C28H32ClF3N8O2. The minimum atomic E-state index is -4.47. The lowest BCUT2D eigenvalue weighted by molar-refractivity contribution is -0.139. The Bertz CT molecular complexity index is 1540. The molecule has 0 saturated heterocycles. The number of benzene rings is 2. The predicted molar refractivity (Wildman–Crippen MR) is 159 cm³/mol. The molecule has 42 heavy (non-hydrogen) atoms. The fraction of sp³-hybridized carbons (Fsp3) is 0.357. The fourth-order valence-electron chi connectivity index (χ4n) is 4.29. The zero-order valence-electron chi connectivity index (χ0n) is 23.7. The Morgan fingerprint density at radius 2 is 1.83 bits per heavy atom. The van der Waals surface area contributed by atoms with E-state index in [2.05, 4.69) is 25.6 Å². The highest BCUT2D eigenvalue weighted by molar-refractivity contribution is 6.19. The maximum atomic E-state index is 13.5. The number of para-hydroxylation sites is 2. The number of amides is 1. The number of aromatic nitrogens is 4. The molecule has 2 aromatic heterocycles. The van der Waals surface area contributed by atoms with Crippen LogP contribution in [0.5, 0.6) is 5.75 Å². The summed E-state index contributed by atoms with van der Waals surface area (Å²) in [6.45, 7) is 0.219. The van der Waals surface area contributed by atoms with E-state index >= 15 is 0 Å². The highest BCUT2D eigenvalue weighted by atomic mass is 35.5. The summed E-state index contributed by atoms with van der Waals surface area (Å²) < 4.78 is 47.2. The number of rotatable bonds is 12. The van der Waals surface area contributed by atoms with E-state index in [1.807, 2.05) is 30.9 Å². The zero-order valence-corrected chi connectivity index (χ0v) is 24.4. The van der Waals surface area contributed by atoms with Gasteiger partial charge >= 0.3 is 6.18 Å². The van der Waals surface area contributed by atoms with Crippen LogP contribution >= 0.6 is 11.6 Å². The van der Waals surface area contributed by atoms with Crippen molar-refractivity contribution >= 4 is 51.6 Å². The first-order valence-corrected chi connectivity index (χ1v) is 13.6. The molecule has 0 aliphatic heterocycles. The monoisotopic (exact) mass is 604 g/mol. The third-order valence-electron chi connectivity index (χ3n) is 6.33. The van der Waals surface area contributed by atoms with Gasteiger partial charge in [0, 0.05) is 44.7 Å². The van der Waals surface area contributed by atoms with E-state index in [9.17, 15) is 18.0 Å². The molecule has 0 spiro atoms. The van der Waals surface area contributed by atoms with E-state index in [-0.39, 0.29) is 35.7 Å². The maximum absolute atomic E-state index is 13.5. The lowest BCUT2D eigenvalue weighted by atomic mass is 10.2. The quantitative estimate of drug-likeness (QED) is 0.208. The van der Waals surface area contributed by atoms with Crippen LogP contribution in [0.2, 0.25) is 0 Å². The number of hydrogen-bond donors (Lipinski definition) is 2. The summed E-state index contributed by atoms with van der Waals surface area (Å²) in [5, 5.41) is 5.99. The zero-order chi connectivity index (χ0) is 30.4. The summed E-state index contributed by atoms with van der Waals surface area (Å²) >= 11 is 5.78. The summed E-state index contributed by atoms with van der Waals surface area (Å²) in [6.07, 6.45) is -2.91. The van der Waals surface area contributed by atoms with E-state index in [4.69, 9.17) is 16.3 Å². The SMILES string of the molecule is COc1cc(N(C)CCN(C)C)c(NC(=O)CCCl)cc1Nc1nccc(-c2nc3ccccc3n2CC(F)(F)F)n1. The number of hydrogen-bond acceptors (Lipinski definition) is 8. The maximum Gasteiger partial charge on any atom is 0.406 e. The minimum absolute atomic E-state index is 0.0535. The average Bonchev–Trinajstić information content (AvgIpc) is 3.29. The molecule has 2 aromatic carbocycles. The molecular weight excluding hydrogens is 573 g/mol. The normalized spacial score (nSPS) is 11.6. The first kappa shape index (κ1) is 30.8. The second-order valence-electron chi connectivity index (χ2n) is 9.80. The summed E-state index contributed by atoms with van der Waals surface area (Å²) in [5.41, 5.74) is 2.62. The highest BCUT2D eigenvalue weighted by Gasteiger charge is 2.31. The van der Waals surface area contributed by atoms with Crippen LogP contribution in [0.25, 0.3) is 22.6 Å². The number of likely N-dealkylation sites (N-methyl/N-ethyl adjacent to an activating group) is 2. The Morgan fingerprint density at radius 1 is 1.07 bits per heavy atom. The third-order valence-corrected chi connectivity index (χ3v) is 6.52. The van der Waals surface area contributed by atoms with Gasteiger partial charge in [-0.15, -0.1) is 11.6 Å². The van der Waals surface area contributed by atoms with Crippen molar-refractivity contribution in [1.82, 2.24) is 24.4 Å². The lowest BCUT2D eigenvalue weighted by Crippen LogP contribution is -2.29. The van der Waals surface area contributed by atoms with Crippen LogP contribution in [0, 0.1) is 0 Å². The number of nitrogens with one attached hydrogen (secondary N) is 2. The number of imidazole rings is 1. The van der Waals surface area contributed by atoms with Gasteiger partial charge in [-0.1, -0.05) is 12.1 Å². The first-order valence-electron chi connectivity index (χ1n) is 13.0. The number of nitrogens with zero attached hydrogens (tertiary/aromatic N) is 6. The number of alkyl halides is 4. The minimum Gasteiger partial charge on any atom is -0.494 e. The summed E-state index contributed by atoms with van der Waals surface area (Å²) in [4.78, 5) is 29.7. The predicted octanol–water partition coefficient (Wildman–Crippen LogP) is 5.37. The lowest BCUT2D eigenvalue weighted by Gasteiger charge is -2.26. The van der Waals surface area contributed by atoms with E-state index in [1.54, 1.807) is 36.4 Å². The molecule has 0 aliphatic carbocycles. The summed E-state index contributed by atoms with van der Waals surface area (Å²) in [5.74, 6) is 0.500. The first-order chi connectivity index (χ1) is 20.0. The Balaban J connectivity index is 1.73. The summed E-state index contributed by atoms with van der Waals surface area (Å²) in [7, 11) is 7.35. The molecule has 4 rings (SSSR count). The largest absolute Gasteiger partial charge is 0.494 e. The molecule has 2 N–H and O–H groups in total. The number of carbonyl (C=O) groups excluding carboxylic acids is 1. The van der Waals surface area contributed by atoms with Crippen LogP contribution in [0.1, 0.15) is 6.42 Å². The van der Waals surface area contributed by atoms with E-state index < -0.39 is 12.7 Å². The smallest absolute Gasteiger partial charge is 0.406 e. The fourth-order valence-corrected chi connectivity index (χ4v) is 4.47. The number of ether oxygens (including phenoxy) is 1. The number of carbonyl (C=O) groups is 1. The Hall–Kier alpha value is -4.10.